The molecule has 0 amide bonds. The Morgan fingerprint density at radius 3 is 2.81 bits per heavy atom. The van der Waals surface area contributed by atoms with Crippen molar-refractivity contribution < 1.29 is 13.9 Å². The zero-order chi connectivity index (χ0) is 19.0. The topological polar surface area (TPSA) is 61.2 Å². The number of fused-ring (bicyclic) bond motifs is 1. The molecule has 136 valence electrons. The van der Waals surface area contributed by atoms with Crippen LogP contribution in [0.5, 0.6) is 0 Å². The summed E-state index contributed by atoms with van der Waals surface area (Å²) >= 11 is 3.27. The molecular formula is C18H16FIN2O3S. The lowest BCUT2D eigenvalue weighted by Gasteiger charge is -2.14. The van der Waals surface area contributed by atoms with Gasteiger partial charge >= 0.3 is 5.97 Å². The van der Waals surface area contributed by atoms with Crippen LogP contribution in [0.15, 0.2) is 23.0 Å². The Kier molecular flexibility index (Phi) is 5.42. The van der Waals surface area contributed by atoms with Gasteiger partial charge in [-0.2, -0.15) is 0 Å². The lowest BCUT2D eigenvalue weighted by atomic mass is 10.0. The first kappa shape index (κ1) is 19.0. The van der Waals surface area contributed by atoms with Gasteiger partial charge < -0.3 is 9.30 Å². The van der Waals surface area contributed by atoms with E-state index in [1.54, 1.807) is 33.0 Å². The van der Waals surface area contributed by atoms with Crippen LogP contribution in [-0.4, -0.2) is 22.1 Å². The first-order valence-electron chi connectivity index (χ1n) is 7.93. The number of benzene rings is 1. The smallest absolute Gasteiger partial charge is 0.342 e. The molecule has 2 heterocycles. The van der Waals surface area contributed by atoms with Gasteiger partial charge in [0, 0.05) is 22.7 Å². The Bertz CT molecular complexity index is 1070. The van der Waals surface area contributed by atoms with Crippen molar-refractivity contribution in [2.75, 3.05) is 6.61 Å². The number of carbonyl (C=O) groups excluding carboxylic acids is 1. The molecule has 0 aliphatic rings. The van der Waals surface area contributed by atoms with E-state index in [4.69, 9.17) is 4.74 Å². The number of nitrogens with zero attached hydrogens (tertiary/aromatic N) is 2. The largest absolute Gasteiger partial charge is 0.462 e. The van der Waals surface area contributed by atoms with Gasteiger partial charge in [0.25, 0.3) is 5.56 Å². The van der Waals surface area contributed by atoms with Gasteiger partial charge in [-0.3, -0.25) is 4.79 Å². The minimum atomic E-state index is -0.556. The number of aromatic nitrogens is 2. The van der Waals surface area contributed by atoms with E-state index in [1.807, 2.05) is 22.6 Å². The highest BCUT2D eigenvalue weighted by Crippen LogP contribution is 2.27. The Morgan fingerprint density at radius 1 is 1.42 bits per heavy atom. The van der Waals surface area contributed by atoms with Crippen LogP contribution in [0.4, 0.5) is 4.39 Å². The van der Waals surface area contributed by atoms with Gasteiger partial charge in [0.05, 0.1) is 11.6 Å². The Labute approximate surface area is 167 Å². The summed E-state index contributed by atoms with van der Waals surface area (Å²) in [5, 5.41) is 0.681. The van der Waals surface area contributed by atoms with Crippen LogP contribution in [0.1, 0.15) is 33.5 Å². The third kappa shape index (κ3) is 3.39. The molecule has 0 atom stereocenters. The van der Waals surface area contributed by atoms with Crippen LogP contribution in [0, 0.1) is 16.3 Å². The van der Waals surface area contributed by atoms with E-state index in [-0.39, 0.29) is 30.0 Å². The van der Waals surface area contributed by atoms with Crippen LogP contribution in [0.3, 0.4) is 0 Å². The van der Waals surface area contributed by atoms with Gasteiger partial charge in [0.1, 0.15) is 21.6 Å². The quantitative estimate of drug-likeness (QED) is 0.416. The summed E-state index contributed by atoms with van der Waals surface area (Å²) in [6.45, 7) is 3.68. The zero-order valence-electron chi connectivity index (χ0n) is 14.4. The molecule has 3 aromatic rings. The second kappa shape index (κ2) is 7.43. The monoisotopic (exact) mass is 486 g/mol. The molecule has 0 spiro atoms. The maximum absolute atomic E-state index is 14.3. The molecule has 0 saturated carbocycles. The Hall–Kier alpha value is -1.81. The van der Waals surface area contributed by atoms with Crippen molar-refractivity contribution in [3.63, 3.8) is 0 Å². The molecule has 0 radical (unpaired) electrons. The fraction of sp³-hybridized carbons (Fsp3) is 0.278. The second-order valence-corrected chi connectivity index (χ2v) is 8.18. The molecule has 2 aromatic heterocycles. The highest BCUT2D eigenvalue weighted by atomic mass is 127. The summed E-state index contributed by atoms with van der Waals surface area (Å²) in [5.41, 5.74) is 1.10. The van der Waals surface area contributed by atoms with Crippen molar-refractivity contribution in [2.24, 2.45) is 7.05 Å². The number of hydrogen-bond donors (Lipinski definition) is 0. The van der Waals surface area contributed by atoms with Crippen molar-refractivity contribution in [1.82, 2.24) is 9.55 Å². The van der Waals surface area contributed by atoms with Crippen molar-refractivity contribution in [3.8, 4) is 0 Å². The van der Waals surface area contributed by atoms with E-state index in [1.165, 1.54) is 22.0 Å². The highest BCUT2D eigenvalue weighted by molar-refractivity contribution is 14.1. The first-order valence-corrected chi connectivity index (χ1v) is 9.83. The van der Waals surface area contributed by atoms with Gasteiger partial charge in [-0.1, -0.05) is 6.07 Å². The van der Waals surface area contributed by atoms with Crippen molar-refractivity contribution >= 4 is 50.1 Å². The minimum Gasteiger partial charge on any atom is -0.462 e. The van der Waals surface area contributed by atoms with Gasteiger partial charge in [-0.05, 0) is 54.1 Å². The van der Waals surface area contributed by atoms with Gasteiger partial charge in [-0.25, -0.2) is 14.2 Å². The molecule has 5 nitrogen and oxygen atoms in total. The standard InChI is InChI=1S/C18H16FIN2O3S/c1-4-25-18(24)14-13(7-10-5-6-11(20)8-12(10)19)22(3)17(23)16-15(14)21-9(2)26-16/h5-6,8H,4,7H2,1-3H3. The summed E-state index contributed by atoms with van der Waals surface area (Å²) < 4.78 is 22.1. The molecule has 26 heavy (non-hydrogen) atoms. The fourth-order valence-corrected chi connectivity index (χ4v) is 4.15. The molecule has 0 aliphatic heterocycles. The summed E-state index contributed by atoms with van der Waals surface area (Å²) in [5.74, 6) is -0.937. The number of rotatable bonds is 4. The molecule has 0 fully saturated rings. The van der Waals surface area contributed by atoms with Crippen LogP contribution in [-0.2, 0) is 18.2 Å². The van der Waals surface area contributed by atoms with E-state index >= 15 is 0 Å². The Morgan fingerprint density at radius 2 is 2.15 bits per heavy atom. The van der Waals surface area contributed by atoms with Crippen LogP contribution >= 0.6 is 33.9 Å². The summed E-state index contributed by atoms with van der Waals surface area (Å²) in [6.07, 6.45) is 0.0924. The maximum atomic E-state index is 14.3. The minimum absolute atomic E-state index is 0.0924. The van der Waals surface area contributed by atoms with E-state index < -0.39 is 5.97 Å². The number of esters is 1. The molecule has 3 rings (SSSR count). The molecular weight excluding hydrogens is 470 g/mol. The molecule has 1 aromatic carbocycles. The predicted octanol–water partition coefficient (Wildman–Crippen LogP) is 3.81. The van der Waals surface area contributed by atoms with Gasteiger partial charge in [0.2, 0.25) is 0 Å². The second-order valence-electron chi connectivity index (χ2n) is 5.73. The SMILES string of the molecule is CCOC(=O)c1c(Cc2ccc(I)cc2F)n(C)c(=O)c2sc(C)nc12. The highest BCUT2D eigenvalue weighted by Gasteiger charge is 2.25. The van der Waals surface area contributed by atoms with Crippen molar-refractivity contribution in [2.45, 2.75) is 20.3 Å². The van der Waals surface area contributed by atoms with E-state index in [9.17, 15) is 14.0 Å². The Balaban J connectivity index is 2.28. The average molecular weight is 486 g/mol. The number of thiazole rings is 1. The van der Waals surface area contributed by atoms with E-state index in [0.29, 0.717) is 26.5 Å². The predicted molar refractivity (Wildman–Crippen MR) is 107 cm³/mol. The van der Waals surface area contributed by atoms with Crippen molar-refractivity contribution in [3.05, 3.63) is 59.8 Å². The first-order chi connectivity index (χ1) is 12.3. The maximum Gasteiger partial charge on any atom is 0.342 e. The van der Waals surface area contributed by atoms with Crippen molar-refractivity contribution in [1.29, 1.82) is 0 Å². The number of ether oxygens (including phenoxy) is 1. The lowest BCUT2D eigenvalue weighted by Crippen LogP contribution is -2.25. The molecule has 0 bridgehead atoms. The third-order valence-corrected chi connectivity index (χ3v) is 5.65. The summed E-state index contributed by atoms with van der Waals surface area (Å²) in [6, 6.07) is 4.86. The average Bonchev–Trinajstić information content (AvgIpc) is 2.96. The number of halogens is 2. The number of pyridine rings is 1. The van der Waals surface area contributed by atoms with E-state index in [0.717, 1.165) is 3.57 Å². The normalized spacial score (nSPS) is 11.1. The molecule has 0 aliphatic carbocycles. The zero-order valence-corrected chi connectivity index (χ0v) is 17.4. The number of carbonyl (C=O) groups is 1. The summed E-state index contributed by atoms with van der Waals surface area (Å²) in [7, 11) is 1.58. The fourth-order valence-electron chi connectivity index (χ4n) is 2.79. The molecule has 8 heteroatoms. The van der Waals surface area contributed by atoms with Crippen LogP contribution in [0.2, 0.25) is 0 Å². The number of aryl methyl sites for hydroxylation is 1. The van der Waals surface area contributed by atoms with Gasteiger partial charge in [-0.15, -0.1) is 11.3 Å². The van der Waals surface area contributed by atoms with Crippen LogP contribution in [0.25, 0.3) is 10.2 Å². The summed E-state index contributed by atoms with van der Waals surface area (Å²) in [4.78, 5) is 29.7. The number of hydrogen-bond acceptors (Lipinski definition) is 5. The lowest BCUT2D eigenvalue weighted by molar-refractivity contribution is 0.0526. The molecule has 0 unspecified atom stereocenters. The van der Waals surface area contributed by atoms with E-state index in [2.05, 4.69) is 4.98 Å². The molecule has 0 saturated heterocycles. The molecule has 0 N–H and O–H groups in total. The third-order valence-electron chi connectivity index (χ3n) is 4.02. The van der Waals surface area contributed by atoms with Crippen LogP contribution < -0.4 is 5.56 Å². The van der Waals surface area contributed by atoms with Gasteiger partial charge in [0.15, 0.2) is 0 Å².